The maximum absolute atomic E-state index is 12.0. The predicted octanol–water partition coefficient (Wildman–Crippen LogP) is 3.54. The van der Waals surface area contributed by atoms with Crippen LogP contribution >= 0.6 is 23.4 Å². The number of ether oxygens (including phenoxy) is 1. The molecule has 0 aliphatic heterocycles. The summed E-state index contributed by atoms with van der Waals surface area (Å²) in [7, 11) is 0. The average molecular weight is 392 g/mol. The fraction of sp³-hybridized carbons (Fsp3) is 0.176. The Morgan fingerprint density at radius 1 is 1.31 bits per heavy atom. The van der Waals surface area contributed by atoms with E-state index in [9.17, 15) is 9.59 Å². The van der Waals surface area contributed by atoms with Gasteiger partial charge in [0.1, 0.15) is 17.1 Å². The number of para-hydroxylation sites is 2. The van der Waals surface area contributed by atoms with Crippen molar-refractivity contribution in [2.75, 3.05) is 11.1 Å². The van der Waals surface area contributed by atoms with Gasteiger partial charge in [-0.05, 0) is 31.2 Å². The summed E-state index contributed by atoms with van der Waals surface area (Å²) in [5.41, 5.74) is 1.36. The van der Waals surface area contributed by atoms with E-state index >= 15 is 0 Å². The van der Waals surface area contributed by atoms with Crippen LogP contribution in [0.2, 0.25) is 5.02 Å². The lowest BCUT2D eigenvalue weighted by atomic mass is 10.3. The second kappa shape index (κ2) is 8.20. The van der Waals surface area contributed by atoms with Gasteiger partial charge in [-0.15, -0.1) is 0 Å². The first-order chi connectivity index (χ1) is 12.5. The molecule has 0 aliphatic carbocycles. The van der Waals surface area contributed by atoms with Crippen molar-refractivity contribution in [3.63, 3.8) is 0 Å². The summed E-state index contributed by atoms with van der Waals surface area (Å²) >= 11 is 6.83. The van der Waals surface area contributed by atoms with Crippen molar-refractivity contribution in [3.8, 4) is 0 Å². The lowest BCUT2D eigenvalue weighted by Crippen LogP contribution is -2.30. The van der Waals surface area contributed by atoms with Crippen LogP contribution in [0.3, 0.4) is 0 Å². The fourth-order valence-corrected chi connectivity index (χ4v) is 2.73. The molecule has 0 saturated heterocycles. The highest BCUT2D eigenvalue weighted by Crippen LogP contribution is 2.23. The van der Waals surface area contributed by atoms with Gasteiger partial charge in [0, 0.05) is 6.20 Å². The Labute approximate surface area is 158 Å². The average Bonchev–Trinajstić information content (AvgIpc) is 3.05. The summed E-state index contributed by atoms with van der Waals surface area (Å²) < 4.78 is 10.6. The van der Waals surface area contributed by atoms with E-state index in [0.29, 0.717) is 27.2 Å². The minimum Gasteiger partial charge on any atom is -0.452 e. The molecule has 0 spiro atoms. The van der Waals surface area contributed by atoms with Crippen molar-refractivity contribution in [3.05, 3.63) is 47.6 Å². The molecule has 1 N–H and O–H groups in total. The third-order valence-corrected chi connectivity index (χ3v) is 4.27. The zero-order valence-corrected chi connectivity index (χ0v) is 15.2. The van der Waals surface area contributed by atoms with Crippen molar-refractivity contribution in [1.29, 1.82) is 0 Å². The standard InChI is InChI=1S/C17H14ClN3O4S/c1-10(16(23)21-14-7-6-11(18)8-19-14)24-15(22)9-26-17-20-12-4-2-3-5-13(12)25-17/h2-8,10H,9H2,1H3,(H,19,21,23)/t10-/m1/s1. The molecule has 0 radical (unpaired) electrons. The molecule has 9 heteroatoms. The number of fused-ring (bicyclic) bond motifs is 1. The van der Waals surface area contributed by atoms with Gasteiger partial charge in [-0.2, -0.15) is 0 Å². The minimum absolute atomic E-state index is 0.0242. The zero-order chi connectivity index (χ0) is 18.5. The lowest BCUT2D eigenvalue weighted by molar-refractivity contribution is -0.150. The molecule has 26 heavy (non-hydrogen) atoms. The number of nitrogens with zero attached hydrogens (tertiary/aromatic N) is 2. The van der Waals surface area contributed by atoms with Crippen LogP contribution in [0.4, 0.5) is 5.82 Å². The van der Waals surface area contributed by atoms with Crippen LogP contribution in [-0.2, 0) is 14.3 Å². The highest BCUT2D eigenvalue weighted by molar-refractivity contribution is 7.99. The number of pyridine rings is 1. The van der Waals surface area contributed by atoms with Crippen LogP contribution in [0, 0.1) is 0 Å². The molecule has 3 aromatic rings. The van der Waals surface area contributed by atoms with Crippen molar-refractivity contribution in [1.82, 2.24) is 9.97 Å². The van der Waals surface area contributed by atoms with Crippen LogP contribution in [-0.4, -0.2) is 33.7 Å². The second-order valence-corrected chi connectivity index (χ2v) is 6.58. The third-order valence-electron chi connectivity index (χ3n) is 3.24. The van der Waals surface area contributed by atoms with Crippen molar-refractivity contribution < 1.29 is 18.7 Å². The Hall–Kier alpha value is -2.58. The summed E-state index contributed by atoms with van der Waals surface area (Å²) in [6.07, 6.45) is 0.439. The van der Waals surface area contributed by atoms with Gasteiger partial charge < -0.3 is 14.5 Å². The van der Waals surface area contributed by atoms with Crippen molar-refractivity contribution in [2.45, 2.75) is 18.3 Å². The first-order valence-electron chi connectivity index (χ1n) is 7.61. The van der Waals surface area contributed by atoms with Gasteiger partial charge in [0.2, 0.25) is 0 Å². The number of amides is 1. The van der Waals surface area contributed by atoms with Gasteiger partial charge in [-0.3, -0.25) is 9.59 Å². The van der Waals surface area contributed by atoms with E-state index in [2.05, 4.69) is 15.3 Å². The SMILES string of the molecule is C[C@@H](OC(=O)CSc1nc2ccccc2o1)C(=O)Nc1ccc(Cl)cn1. The summed E-state index contributed by atoms with van der Waals surface area (Å²) in [6.45, 7) is 1.48. The first kappa shape index (κ1) is 18.2. The van der Waals surface area contributed by atoms with Crippen LogP contribution in [0.15, 0.2) is 52.2 Å². The number of aromatic nitrogens is 2. The molecular formula is C17H14ClN3O4S. The van der Waals surface area contributed by atoms with E-state index < -0.39 is 18.0 Å². The molecule has 134 valence electrons. The molecule has 0 bridgehead atoms. The Kier molecular flexibility index (Phi) is 5.75. The van der Waals surface area contributed by atoms with E-state index in [0.717, 1.165) is 11.8 Å². The summed E-state index contributed by atoms with van der Waals surface area (Å²) in [5.74, 6) is -0.740. The molecule has 0 unspecified atom stereocenters. The van der Waals surface area contributed by atoms with Crippen molar-refractivity contribution >= 4 is 52.2 Å². The number of nitrogens with one attached hydrogen (secondary N) is 1. The van der Waals surface area contributed by atoms with Gasteiger partial charge in [-0.1, -0.05) is 35.5 Å². The molecular weight excluding hydrogens is 378 g/mol. The van der Waals surface area contributed by atoms with E-state index in [1.807, 2.05) is 18.2 Å². The number of thioether (sulfide) groups is 1. The largest absolute Gasteiger partial charge is 0.452 e. The number of rotatable bonds is 6. The van der Waals surface area contributed by atoms with E-state index in [1.54, 1.807) is 18.2 Å². The number of carbonyl (C=O) groups is 2. The van der Waals surface area contributed by atoms with Crippen LogP contribution in [0.5, 0.6) is 0 Å². The van der Waals surface area contributed by atoms with Crippen LogP contribution in [0.25, 0.3) is 11.1 Å². The Balaban J connectivity index is 1.48. The molecule has 0 aliphatic rings. The van der Waals surface area contributed by atoms with E-state index in [4.69, 9.17) is 20.8 Å². The number of hydrogen-bond acceptors (Lipinski definition) is 7. The molecule has 2 heterocycles. The first-order valence-corrected chi connectivity index (χ1v) is 8.98. The van der Waals surface area contributed by atoms with E-state index in [-0.39, 0.29) is 5.75 Å². The van der Waals surface area contributed by atoms with Gasteiger partial charge in [-0.25, -0.2) is 9.97 Å². The Bertz CT molecular complexity index is 896. The maximum atomic E-state index is 12.0. The number of hydrogen-bond donors (Lipinski definition) is 1. The fourth-order valence-electron chi connectivity index (χ4n) is 2.00. The number of anilines is 1. The molecule has 3 rings (SSSR count). The van der Waals surface area contributed by atoms with Gasteiger partial charge in [0.05, 0.1) is 5.02 Å². The highest BCUT2D eigenvalue weighted by atomic mass is 35.5. The topological polar surface area (TPSA) is 94.3 Å². The number of benzene rings is 1. The monoisotopic (exact) mass is 391 g/mol. The molecule has 0 saturated carbocycles. The van der Waals surface area contributed by atoms with Gasteiger partial charge >= 0.3 is 5.97 Å². The molecule has 2 aromatic heterocycles. The summed E-state index contributed by atoms with van der Waals surface area (Å²) in [5, 5.41) is 3.37. The van der Waals surface area contributed by atoms with E-state index in [1.165, 1.54) is 13.1 Å². The quantitative estimate of drug-likeness (QED) is 0.507. The smallest absolute Gasteiger partial charge is 0.317 e. The maximum Gasteiger partial charge on any atom is 0.317 e. The zero-order valence-electron chi connectivity index (χ0n) is 13.6. The third kappa shape index (κ3) is 4.74. The van der Waals surface area contributed by atoms with Gasteiger partial charge in [0.25, 0.3) is 11.1 Å². The highest BCUT2D eigenvalue weighted by Gasteiger charge is 2.19. The molecule has 0 fully saturated rings. The number of oxazole rings is 1. The molecule has 1 amide bonds. The summed E-state index contributed by atoms with van der Waals surface area (Å²) in [4.78, 5) is 32.1. The van der Waals surface area contributed by atoms with Crippen LogP contribution < -0.4 is 5.32 Å². The Morgan fingerprint density at radius 3 is 2.85 bits per heavy atom. The van der Waals surface area contributed by atoms with Crippen LogP contribution in [0.1, 0.15) is 6.92 Å². The second-order valence-electron chi connectivity index (χ2n) is 5.22. The minimum atomic E-state index is -0.968. The molecule has 1 aromatic carbocycles. The Morgan fingerprint density at radius 2 is 2.12 bits per heavy atom. The predicted molar refractivity (Wildman–Crippen MR) is 98.2 cm³/mol. The lowest BCUT2D eigenvalue weighted by Gasteiger charge is -2.12. The number of carbonyl (C=O) groups excluding carboxylic acids is 2. The van der Waals surface area contributed by atoms with Crippen molar-refractivity contribution in [2.24, 2.45) is 0 Å². The molecule has 7 nitrogen and oxygen atoms in total. The summed E-state index contributed by atoms with van der Waals surface area (Å²) in [6, 6.07) is 10.4. The molecule has 1 atom stereocenters. The number of halogens is 1. The normalized spacial score (nSPS) is 11.9. The number of esters is 1. The van der Waals surface area contributed by atoms with Gasteiger partial charge in [0.15, 0.2) is 11.7 Å².